The molecule has 1 rings (SSSR count). The number of allylic oxidation sites excluding steroid dienone is 2. The molecule has 0 atom stereocenters. The van der Waals surface area contributed by atoms with E-state index >= 15 is 0 Å². The summed E-state index contributed by atoms with van der Waals surface area (Å²) < 4.78 is 4.76. The van der Waals surface area contributed by atoms with Crippen LogP contribution >= 0.6 is 0 Å². The number of nitrogens with two attached hydrogens (primary N) is 1. The van der Waals surface area contributed by atoms with Crippen molar-refractivity contribution in [2.24, 2.45) is 5.73 Å². The van der Waals surface area contributed by atoms with Gasteiger partial charge in [0.25, 0.3) is 0 Å². The number of nitrogens with zero attached hydrogens (tertiary/aromatic N) is 1. The van der Waals surface area contributed by atoms with Crippen LogP contribution in [0, 0.1) is 0 Å². The third-order valence-electron chi connectivity index (χ3n) is 1.62. The van der Waals surface area contributed by atoms with Crippen molar-refractivity contribution in [1.29, 1.82) is 0 Å². The molecule has 0 saturated heterocycles. The first-order valence-corrected chi connectivity index (χ1v) is 3.66. The number of likely N-dealkylation sites (N-methyl/N-ethyl adjacent to an activating group) is 1. The zero-order chi connectivity index (χ0) is 9.14. The Labute approximate surface area is 71.3 Å². The van der Waals surface area contributed by atoms with Crippen LogP contribution in [0.5, 0.6) is 0 Å². The number of carbonyl (C=O) groups excluding carboxylic acids is 1. The first-order valence-electron chi connectivity index (χ1n) is 3.66. The largest absolute Gasteiger partial charge is 0.411 e. The Kier molecular flexibility index (Phi) is 2.38. The van der Waals surface area contributed by atoms with E-state index in [1.54, 1.807) is 11.0 Å². The van der Waals surface area contributed by atoms with Crippen molar-refractivity contribution < 1.29 is 9.53 Å². The molecule has 2 N–H and O–H groups in total. The van der Waals surface area contributed by atoms with Gasteiger partial charge in [-0.3, -0.25) is 0 Å². The van der Waals surface area contributed by atoms with E-state index in [0.717, 1.165) is 12.1 Å². The summed E-state index contributed by atoms with van der Waals surface area (Å²) in [4.78, 5) is 12.2. The molecule has 1 heterocycles. The standard InChI is InChI=1S/C8H12N2O2/c1-6-3-4-10(2)7(5-6)12-8(9)11/h3,5H,4H2,1-2H3,(H2,9,11). The maximum atomic E-state index is 10.4. The molecule has 0 spiro atoms. The van der Waals surface area contributed by atoms with Crippen LogP contribution in [0.1, 0.15) is 6.92 Å². The van der Waals surface area contributed by atoms with Gasteiger partial charge in [-0.15, -0.1) is 0 Å². The summed E-state index contributed by atoms with van der Waals surface area (Å²) in [6.45, 7) is 2.68. The predicted octanol–water partition coefficient (Wildman–Crippen LogP) is 0.815. The highest BCUT2D eigenvalue weighted by molar-refractivity contribution is 5.66. The van der Waals surface area contributed by atoms with Crippen LogP contribution in [0.4, 0.5) is 4.79 Å². The molecule has 0 bridgehead atoms. The van der Waals surface area contributed by atoms with Gasteiger partial charge in [0, 0.05) is 19.7 Å². The second-order valence-corrected chi connectivity index (χ2v) is 2.73. The SMILES string of the molecule is CC1=CCN(C)C(OC(N)=O)=C1. The summed E-state index contributed by atoms with van der Waals surface area (Å²) in [6.07, 6.45) is 3.03. The Balaban J connectivity index is 2.72. The minimum Gasteiger partial charge on any atom is -0.394 e. The van der Waals surface area contributed by atoms with Gasteiger partial charge < -0.3 is 15.4 Å². The monoisotopic (exact) mass is 168 g/mol. The fourth-order valence-corrected chi connectivity index (χ4v) is 0.945. The number of rotatable bonds is 1. The molecule has 0 aromatic carbocycles. The van der Waals surface area contributed by atoms with Crippen LogP contribution in [-0.4, -0.2) is 24.6 Å². The number of hydrogen-bond donors (Lipinski definition) is 1. The third kappa shape index (κ3) is 2.02. The number of amides is 1. The van der Waals surface area contributed by atoms with Crippen molar-refractivity contribution in [3.05, 3.63) is 23.6 Å². The Morgan fingerprint density at radius 3 is 3.00 bits per heavy atom. The normalized spacial score (nSPS) is 16.7. The van der Waals surface area contributed by atoms with Crippen LogP contribution in [0.2, 0.25) is 0 Å². The molecule has 1 aliphatic rings. The van der Waals surface area contributed by atoms with Gasteiger partial charge in [0.15, 0.2) is 0 Å². The van der Waals surface area contributed by atoms with Crippen molar-refractivity contribution in [2.45, 2.75) is 6.92 Å². The minimum atomic E-state index is -0.775. The van der Waals surface area contributed by atoms with Gasteiger partial charge in [-0.05, 0) is 12.5 Å². The van der Waals surface area contributed by atoms with E-state index < -0.39 is 6.09 Å². The van der Waals surface area contributed by atoms with Gasteiger partial charge in [-0.1, -0.05) is 6.08 Å². The Morgan fingerprint density at radius 2 is 2.42 bits per heavy atom. The molecule has 0 aliphatic carbocycles. The summed E-state index contributed by atoms with van der Waals surface area (Å²) in [5.74, 6) is 0.502. The Morgan fingerprint density at radius 1 is 1.75 bits per heavy atom. The number of primary amides is 1. The van der Waals surface area contributed by atoms with Crippen molar-refractivity contribution in [1.82, 2.24) is 4.90 Å². The van der Waals surface area contributed by atoms with Crippen molar-refractivity contribution >= 4 is 6.09 Å². The second kappa shape index (κ2) is 3.30. The summed E-state index contributed by atoms with van der Waals surface area (Å²) in [7, 11) is 1.83. The van der Waals surface area contributed by atoms with Crippen LogP contribution in [0.25, 0.3) is 0 Å². The zero-order valence-corrected chi connectivity index (χ0v) is 7.20. The van der Waals surface area contributed by atoms with Gasteiger partial charge >= 0.3 is 6.09 Å². The maximum Gasteiger partial charge on any atom is 0.411 e. The van der Waals surface area contributed by atoms with E-state index in [-0.39, 0.29) is 0 Å². The Bertz CT molecular complexity index is 256. The molecule has 1 aliphatic heterocycles. The summed E-state index contributed by atoms with van der Waals surface area (Å²) >= 11 is 0. The fraction of sp³-hybridized carbons (Fsp3) is 0.375. The molecule has 0 saturated carbocycles. The molecule has 0 fully saturated rings. The van der Waals surface area contributed by atoms with Crippen molar-refractivity contribution in [3.8, 4) is 0 Å². The second-order valence-electron chi connectivity index (χ2n) is 2.73. The molecule has 0 radical (unpaired) electrons. The lowest BCUT2D eigenvalue weighted by Crippen LogP contribution is -2.26. The molecule has 4 heteroatoms. The first kappa shape index (κ1) is 8.64. The van der Waals surface area contributed by atoms with E-state index in [4.69, 9.17) is 10.5 Å². The molecule has 0 aromatic heterocycles. The first-order chi connectivity index (χ1) is 5.59. The lowest BCUT2D eigenvalue weighted by atomic mass is 10.2. The minimum absolute atomic E-state index is 0.502. The van der Waals surface area contributed by atoms with E-state index in [1.807, 2.05) is 20.0 Å². The lowest BCUT2D eigenvalue weighted by molar-refractivity contribution is 0.153. The van der Waals surface area contributed by atoms with Gasteiger partial charge in [-0.2, -0.15) is 0 Å². The van der Waals surface area contributed by atoms with Crippen LogP contribution in [0.15, 0.2) is 23.6 Å². The van der Waals surface area contributed by atoms with Gasteiger partial charge in [0.2, 0.25) is 5.88 Å². The lowest BCUT2D eigenvalue weighted by Gasteiger charge is -2.22. The highest BCUT2D eigenvalue weighted by Gasteiger charge is 2.11. The molecular weight excluding hydrogens is 156 g/mol. The average molecular weight is 168 g/mol. The third-order valence-corrected chi connectivity index (χ3v) is 1.62. The van der Waals surface area contributed by atoms with E-state index in [9.17, 15) is 4.79 Å². The molecule has 12 heavy (non-hydrogen) atoms. The summed E-state index contributed by atoms with van der Waals surface area (Å²) in [5.41, 5.74) is 5.96. The number of carbonyl (C=O) groups is 1. The predicted molar refractivity (Wildman–Crippen MR) is 45.1 cm³/mol. The summed E-state index contributed by atoms with van der Waals surface area (Å²) in [5, 5.41) is 0. The molecule has 66 valence electrons. The van der Waals surface area contributed by atoms with Crippen molar-refractivity contribution in [2.75, 3.05) is 13.6 Å². The highest BCUT2D eigenvalue weighted by Crippen LogP contribution is 2.13. The summed E-state index contributed by atoms with van der Waals surface area (Å²) in [6, 6.07) is 0. The maximum absolute atomic E-state index is 10.4. The molecular formula is C8H12N2O2. The zero-order valence-electron chi connectivity index (χ0n) is 7.20. The fourth-order valence-electron chi connectivity index (χ4n) is 0.945. The smallest absolute Gasteiger partial charge is 0.394 e. The van der Waals surface area contributed by atoms with E-state index in [2.05, 4.69) is 0 Å². The van der Waals surface area contributed by atoms with Crippen LogP contribution in [-0.2, 0) is 4.74 Å². The van der Waals surface area contributed by atoms with Crippen LogP contribution in [0.3, 0.4) is 0 Å². The molecule has 0 aromatic rings. The quantitative estimate of drug-likeness (QED) is 0.630. The van der Waals surface area contributed by atoms with Crippen molar-refractivity contribution in [3.63, 3.8) is 0 Å². The number of ether oxygens (including phenoxy) is 1. The van der Waals surface area contributed by atoms with E-state index in [0.29, 0.717) is 5.88 Å². The van der Waals surface area contributed by atoms with Crippen LogP contribution < -0.4 is 5.73 Å². The topological polar surface area (TPSA) is 55.6 Å². The van der Waals surface area contributed by atoms with Gasteiger partial charge in [0.1, 0.15) is 0 Å². The van der Waals surface area contributed by atoms with E-state index in [1.165, 1.54) is 0 Å². The molecule has 1 amide bonds. The molecule has 4 nitrogen and oxygen atoms in total. The number of hydrogen-bond acceptors (Lipinski definition) is 3. The van der Waals surface area contributed by atoms with Gasteiger partial charge in [-0.25, -0.2) is 4.79 Å². The average Bonchev–Trinajstić information content (AvgIpc) is 1.96. The van der Waals surface area contributed by atoms with Gasteiger partial charge in [0.05, 0.1) is 0 Å². The molecule has 0 unspecified atom stereocenters. The Hall–Kier alpha value is -1.45. The highest BCUT2D eigenvalue weighted by atomic mass is 16.6.